The van der Waals surface area contributed by atoms with Crippen LogP contribution in [0.3, 0.4) is 0 Å². The number of likely N-dealkylation sites (tertiary alicyclic amines) is 1. The second-order valence-corrected chi connectivity index (χ2v) is 7.61. The van der Waals surface area contributed by atoms with E-state index in [0.717, 1.165) is 19.6 Å². The molecule has 1 unspecified atom stereocenters. The van der Waals surface area contributed by atoms with Crippen molar-refractivity contribution in [2.75, 3.05) is 13.1 Å². The maximum atomic E-state index is 3.80. The molecule has 0 bridgehead atoms. The van der Waals surface area contributed by atoms with E-state index in [9.17, 15) is 0 Å². The van der Waals surface area contributed by atoms with Gasteiger partial charge in [0.2, 0.25) is 0 Å². The van der Waals surface area contributed by atoms with Gasteiger partial charge in [-0.25, -0.2) is 0 Å². The molecule has 124 valence electrons. The molecule has 2 aromatic carbocycles. The highest BCUT2D eigenvalue weighted by molar-refractivity contribution is 7.17. The van der Waals surface area contributed by atoms with E-state index in [-0.39, 0.29) is 0 Å². The molecule has 0 aliphatic carbocycles. The maximum Gasteiger partial charge on any atom is 0.0346 e. The molecule has 0 spiro atoms. The number of piperidine rings is 1. The Balaban J connectivity index is 1.35. The minimum Gasteiger partial charge on any atom is -0.309 e. The summed E-state index contributed by atoms with van der Waals surface area (Å²) in [5.41, 5.74) is 2.86. The topological polar surface area (TPSA) is 15.3 Å². The van der Waals surface area contributed by atoms with Gasteiger partial charge in [-0.2, -0.15) is 0 Å². The predicted octanol–water partition coefficient (Wildman–Crippen LogP) is 4.66. The van der Waals surface area contributed by atoms with Crippen molar-refractivity contribution in [3.8, 4) is 0 Å². The minimum absolute atomic E-state index is 0.598. The molecule has 0 radical (unpaired) electrons. The standard InChI is InChI=1S/C21H24N2S/c1-2-7-17(8-3-1)14-23-12-6-9-19(15-23)22-13-18-16-24-21-11-5-4-10-20(18)21/h1-5,7-8,10-11,16,19,22H,6,9,12-15H2. The Morgan fingerprint density at radius 3 is 2.79 bits per heavy atom. The van der Waals surface area contributed by atoms with E-state index in [1.807, 2.05) is 11.3 Å². The molecule has 1 atom stereocenters. The Morgan fingerprint density at radius 1 is 1.04 bits per heavy atom. The summed E-state index contributed by atoms with van der Waals surface area (Å²) in [6, 6.07) is 20.1. The lowest BCUT2D eigenvalue weighted by Gasteiger charge is -2.33. The molecule has 4 rings (SSSR count). The van der Waals surface area contributed by atoms with Gasteiger partial charge in [-0.1, -0.05) is 48.5 Å². The van der Waals surface area contributed by atoms with Crippen LogP contribution in [0.4, 0.5) is 0 Å². The lowest BCUT2D eigenvalue weighted by Crippen LogP contribution is -2.44. The van der Waals surface area contributed by atoms with E-state index >= 15 is 0 Å². The Kier molecular flexibility index (Phi) is 4.93. The maximum absolute atomic E-state index is 3.80. The van der Waals surface area contributed by atoms with Crippen molar-refractivity contribution in [2.24, 2.45) is 0 Å². The van der Waals surface area contributed by atoms with E-state index in [1.54, 1.807) is 0 Å². The van der Waals surface area contributed by atoms with Crippen molar-refractivity contribution >= 4 is 21.4 Å². The first kappa shape index (κ1) is 15.8. The van der Waals surface area contributed by atoms with Gasteiger partial charge >= 0.3 is 0 Å². The molecule has 24 heavy (non-hydrogen) atoms. The molecule has 2 nitrogen and oxygen atoms in total. The molecular formula is C21H24N2S. The smallest absolute Gasteiger partial charge is 0.0346 e. The molecule has 1 aliphatic rings. The molecule has 2 heterocycles. The molecule has 0 saturated carbocycles. The number of rotatable bonds is 5. The van der Waals surface area contributed by atoms with E-state index in [1.165, 1.54) is 40.6 Å². The van der Waals surface area contributed by atoms with Crippen LogP contribution in [0.1, 0.15) is 24.0 Å². The van der Waals surface area contributed by atoms with Crippen LogP contribution in [-0.4, -0.2) is 24.0 Å². The number of benzene rings is 2. The van der Waals surface area contributed by atoms with E-state index in [2.05, 4.69) is 70.2 Å². The van der Waals surface area contributed by atoms with Crippen molar-refractivity contribution < 1.29 is 0 Å². The van der Waals surface area contributed by atoms with Gasteiger partial charge in [0.05, 0.1) is 0 Å². The largest absolute Gasteiger partial charge is 0.309 e. The monoisotopic (exact) mass is 336 g/mol. The predicted molar refractivity (Wildman–Crippen MR) is 103 cm³/mol. The molecule has 1 saturated heterocycles. The van der Waals surface area contributed by atoms with Crippen LogP contribution < -0.4 is 5.32 Å². The van der Waals surface area contributed by atoms with Crippen LogP contribution in [0.5, 0.6) is 0 Å². The molecular weight excluding hydrogens is 312 g/mol. The molecule has 1 aromatic heterocycles. The quantitative estimate of drug-likeness (QED) is 0.729. The summed E-state index contributed by atoms with van der Waals surface area (Å²) in [7, 11) is 0. The Morgan fingerprint density at radius 2 is 1.88 bits per heavy atom. The number of hydrogen-bond acceptors (Lipinski definition) is 3. The van der Waals surface area contributed by atoms with Gasteiger partial charge in [0.25, 0.3) is 0 Å². The summed E-state index contributed by atoms with van der Waals surface area (Å²) in [5, 5.41) is 7.51. The van der Waals surface area contributed by atoms with Gasteiger partial charge in [0.1, 0.15) is 0 Å². The number of nitrogens with one attached hydrogen (secondary N) is 1. The fraction of sp³-hybridized carbons (Fsp3) is 0.333. The van der Waals surface area contributed by atoms with Crippen molar-refractivity contribution in [2.45, 2.75) is 32.0 Å². The van der Waals surface area contributed by atoms with E-state index in [4.69, 9.17) is 0 Å². The second-order valence-electron chi connectivity index (χ2n) is 6.70. The number of fused-ring (bicyclic) bond motifs is 1. The van der Waals surface area contributed by atoms with Crippen molar-refractivity contribution in [1.29, 1.82) is 0 Å². The average molecular weight is 337 g/mol. The molecule has 0 amide bonds. The summed E-state index contributed by atoms with van der Waals surface area (Å²) in [6.45, 7) is 4.42. The lowest BCUT2D eigenvalue weighted by atomic mass is 10.0. The third-order valence-electron chi connectivity index (χ3n) is 4.90. The highest BCUT2D eigenvalue weighted by atomic mass is 32.1. The van der Waals surface area contributed by atoms with E-state index < -0.39 is 0 Å². The van der Waals surface area contributed by atoms with E-state index in [0.29, 0.717) is 6.04 Å². The highest BCUT2D eigenvalue weighted by Gasteiger charge is 2.19. The number of hydrogen-bond donors (Lipinski definition) is 1. The summed E-state index contributed by atoms with van der Waals surface area (Å²) < 4.78 is 1.39. The number of thiophene rings is 1. The molecule has 3 aromatic rings. The third kappa shape index (κ3) is 3.69. The van der Waals surface area contributed by atoms with Crippen LogP contribution in [0, 0.1) is 0 Å². The summed E-state index contributed by atoms with van der Waals surface area (Å²) >= 11 is 1.85. The Hall–Kier alpha value is -1.68. The normalized spacial score (nSPS) is 18.9. The summed E-state index contributed by atoms with van der Waals surface area (Å²) in [4.78, 5) is 2.59. The molecule has 3 heteroatoms. The van der Waals surface area contributed by atoms with Crippen molar-refractivity contribution in [1.82, 2.24) is 10.2 Å². The van der Waals surface area contributed by atoms with Crippen LogP contribution in [0.15, 0.2) is 60.0 Å². The fourth-order valence-corrected chi connectivity index (χ4v) is 4.59. The molecule has 1 fully saturated rings. The Bertz CT molecular complexity index is 781. The van der Waals surface area contributed by atoms with Gasteiger partial charge in [-0.05, 0) is 47.3 Å². The fourth-order valence-electron chi connectivity index (χ4n) is 3.63. The minimum atomic E-state index is 0.598. The molecule has 1 N–H and O–H groups in total. The molecule has 1 aliphatic heterocycles. The van der Waals surface area contributed by atoms with Gasteiger partial charge < -0.3 is 5.32 Å². The first-order valence-corrected chi connectivity index (χ1v) is 9.71. The zero-order chi connectivity index (χ0) is 16.2. The van der Waals surface area contributed by atoms with Crippen LogP contribution in [0.2, 0.25) is 0 Å². The van der Waals surface area contributed by atoms with Crippen LogP contribution in [-0.2, 0) is 13.1 Å². The van der Waals surface area contributed by atoms with Gasteiger partial charge in [-0.3, -0.25) is 4.90 Å². The second kappa shape index (κ2) is 7.47. The van der Waals surface area contributed by atoms with Gasteiger partial charge in [0.15, 0.2) is 0 Å². The first-order chi connectivity index (χ1) is 11.9. The zero-order valence-electron chi connectivity index (χ0n) is 13.9. The highest BCUT2D eigenvalue weighted by Crippen LogP contribution is 2.25. The van der Waals surface area contributed by atoms with Gasteiger partial charge in [-0.15, -0.1) is 11.3 Å². The van der Waals surface area contributed by atoms with Gasteiger partial charge in [0, 0.05) is 30.4 Å². The first-order valence-electron chi connectivity index (χ1n) is 8.83. The van der Waals surface area contributed by atoms with Crippen molar-refractivity contribution in [3.05, 3.63) is 71.1 Å². The lowest BCUT2D eigenvalue weighted by molar-refractivity contribution is 0.183. The van der Waals surface area contributed by atoms with Crippen LogP contribution >= 0.6 is 11.3 Å². The average Bonchev–Trinajstić information content (AvgIpc) is 3.04. The Labute approximate surface area is 148 Å². The summed E-state index contributed by atoms with van der Waals surface area (Å²) in [6.07, 6.45) is 2.57. The van der Waals surface area contributed by atoms with Crippen LogP contribution in [0.25, 0.3) is 10.1 Å². The van der Waals surface area contributed by atoms with Crippen molar-refractivity contribution in [3.63, 3.8) is 0 Å². The third-order valence-corrected chi connectivity index (χ3v) is 5.91. The number of nitrogens with zero attached hydrogens (tertiary/aromatic N) is 1. The zero-order valence-corrected chi connectivity index (χ0v) is 14.8. The SMILES string of the molecule is c1ccc(CN2CCCC(NCc3csc4ccccc34)C2)cc1. The summed E-state index contributed by atoms with van der Waals surface area (Å²) in [5.74, 6) is 0.